The van der Waals surface area contributed by atoms with Gasteiger partial charge in [-0.1, -0.05) is 19.1 Å². The van der Waals surface area contributed by atoms with Crippen LogP contribution in [0.25, 0.3) is 0 Å². The minimum absolute atomic E-state index is 0.0942. The summed E-state index contributed by atoms with van der Waals surface area (Å²) in [5, 5.41) is -0.706. The van der Waals surface area contributed by atoms with Crippen molar-refractivity contribution in [2.24, 2.45) is 11.7 Å². The Morgan fingerprint density at radius 2 is 1.81 bits per heavy atom. The van der Waals surface area contributed by atoms with Crippen molar-refractivity contribution in [3.05, 3.63) is 0 Å². The zero-order valence-corrected chi connectivity index (χ0v) is 14.5. The highest BCUT2D eigenvalue weighted by Gasteiger charge is 2.35. The van der Waals surface area contributed by atoms with Gasteiger partial charge in [-0.2, -0.15) is 0 Å². The molecule has 2 aliphatic rings. The van der Waals surface area contributed by atoms with Crippen LogP contribution in [0.4, 0.5) is 0 Å². The maximum Gasteiger partial charge on any atom is 0.223 e. The Kier molecular flexibility index (Phi) is 5.99. The molecule has 1 unspecified atom stereocenters. The van der Waals surface area contributed by atoms with E-state index in [0.29, 0.717) is 25.4 Å². The molecule has 0 spiro atoms. The predicted molar refractivity (Wildman–Crippen MR) is 89.8 cm³/mol. The maximum atomic E-state index is 12.6. The van der Waals surface area contributed by atoms with Crippen LogP contribution in [-0.2, 0) is 10.0 Å². The minimum Gasteiger partial charge on any atom is -0.392 e. The van der Waals surface area contributed by atoms with Gasteiger partial charge in [-0.05, 0) is 51.1 Å². The summed E-state index contributed by atoms with van der Waals surface area (Å²) in [7, 11) is -3.37. The molecule has 2 aliphatic heterocycles. The highest BCUT2D eigenvalue weighted by molar-refractivity contribution is 7.92. The zero-order valence-electron chi connectivity index (χ0n) is 12.8. The molecule has 0 aliphatic carbocycles. The first kappa shape index (κ1) is 17.1. The molecule has 0 radical (unpaired) electrons. The van der Waals surface area contributed by atoms with E-state index in [0.717, 1.165) is 19.4 Å². The van der Waals surface area contributed by atoms with Crippen molar-refractivity contribution in [3.8, 4) is 0 Å². The Balaban J connectivity index is 1.89. The van der Waals surface area contributed by atoms with Crippen molar-refractivity contribution in [3.63, 3.8) is 0 Å². The number of piperidine rings is 1. The van der Waals surface area contributed by atoms with E-state index in [1.165, 1.54) is 25.9 Å². The molecule has 0 saturated carbocycles. The first-order chi connectivity index (χ1) is 9.95. The molecule has 0 amide bonds. The van der Waals surface area contributed by atoms with Gasteiger partial charge in [0.1, 0.15) is 5.25 Å². The van der Waals surface area contributed by atoms with E-state index in [9.17, 15) is 8.42 Å². The van der Waals surface area contributed by atoms with E-state index < -0.39 is 15.3 Å². The molecule has 0 aromatic carbocycles. The minimum atomic E-state index is -3.37. The van der Waals surface area contributed by atoms with Crippen LogP contribution in [0.3, 0.4) is 0 Å². The van der Waals surface area contributed by atoms with Gasteiger partial charge in [0.15, 0.2) is 0 Å². The fourth-order valence-corrected chi connectivity index (χ4v) is 5.74. The third-order valence-electron chi connectivity index (χ3n) is 4.70. The first-order valence-electron chi connectivity index (χ1n) is 7.95. The van der Waals surface area contributed by atoms with E-state index in [4.69, 9.17) is 18.0 Å². The van der Waals surface area contributed by atoms with Crippen molar-refractivity contribution < 1.29 is 8.42 Å². The lowest BCUT2D eigenvalue weighted by atomic mass is 9.98. The fraction of sp³-hybridized carbons (Fsp3) is 0.929. The molecule has 0 aromatic heterocycles. The van der Waals surface area contributed by atoms with Crippen molar-refractivity contribution >= 4 is 27.2 Å². The first-order valence-corrected chi connectivity index (χ1v) is 9.87. The van der Waals surface area contributed by atoms with Crippen molar-refractivity contribution in [2.45, 2.75) is 44.3 Å². The van der Waals surface area contributed by atoms with Crippen molar-refractivity contribution in [1.29, 1.82) is 0 Å². The van der Waals surface area contributed by atoms with Crippen LogP contribution >= 0.6 is 12.2 Å². The maximum absolute atomic E-state index is 12.6. The number of rotatable bonds is 6. The van der Waals surface area contributed by atoms with Crippen LogP contribution < -0.4 is 5.73 Å². The number of nitrogens with zero attached hydrogens (tertiary/aromatic N) is 2. The molecule has 122 valence electrons. The van der Waals surface area contributed by atoms with Gasteiger partial charge in [0.05, 0.1) is 4.99 Å². The van der Waals surface area contributed by atoms with Crippen molar-refractivity contribution in [2.75, 3.05) is 32.7 Å². The van der Waals surface area contributed by atoms with Gasteiger partial charge in [-0.25, -0.2) is 12.7 Å². The van der Waals surface area contributed by atoms with E-state index in [2.05, 4.69) is 4.90 Å². The van der Waals surface area contributed by atoms with Gasteiger partial charge in [-0.3, -0.25) is 0 Å². The number of likely N-dealkylation sites (tertiary alicyclic amines) is 1. The Hall–Kier alpha value is -0.240. The summed E-state index contributed by atoms with van der Waals surface area (Å²) < 4.78 is 26.7. The molecule has 1 atom stereocenters. The third kappa shape index (κ3) is 4.15. The van der Waals surface area contributed by atoms with Crippen molar-refractivity contribution in [1.82, 2.24) is 9.21 Å². The summed E-state index contributed by atoms with van der Waals surface area (Å²) in [6, 6.07) is 0. The van der Waals surface area contributed by atoms with Gasteiger partial charge < -0.3 is 10.6 Å². The fourth-order valence-electron chi connectivity index (χ4n) is 3.42. The molecule has 0 bridgehead atoms. The second-order valence-electron chi connectivity index (χ2n) is 6.19. The van der Waals surface area contributed by atoms with E-state index in [1.807, 2.05) is 6.92 Å². The lowest BCUT2D eigenvalue weighted by Gasteiger charge is -2.34. The smallest absolute Gasteiger partial charge is 0.223 e. The highest BCUT2D eigenvalue weighted by Crippen LogP contribution is 2.24. The highest BCUT2D eigenvalue weighted by atomic mass is 32.2. The molecule has 2 saturated heterocycles. The molecular weight excluding hydrogens is 306 g/mol. The summed E-state index contributed by atoms with van der Waals surface area (Å²) in [6.45, 7) is 6.58. The molecular formula is C14H27N3O2S2. The third-order valence-corrected chi connectivity index (χ3v) is 7.52. The Bertz CT molecular complexity index is 453. The normalized spacial score (nSPS) is 24.2. The molecule has 0 aromatic rings. The molecule has 21 heavy (non-hydrogen) atoms. The van der Waals surface area contributed by atoms with Gasteiger partial charge in [0.2, 0.25) is 10.0 Å². The predicted octanol–water partition coefficient (Wildman–Crippen LogP) is 1.19. The van der Waals surface area contributed by atoms with Crippen LogP contribution in [0, 0.1) is 5.92 Å². The number of nitrogens with two attached hydrogens (primary N) is 1. The Labute approximate surface area is 133 Å². The molecule has 2 N–H and O–H groups in total. The lowest BCUT2D eigenvalue weighted by molar-refractivity contribution is 0.205. The van der Waals surface area contributed by atoms with Gasteiger partial charge in [0.25, 0.3) is 0 Å². The van der Waals surface area contributed by atoms with Crippen LogP contribution in [0.5, 0.6) is 0 Å². The average molecular weight is 334 g/mol. The van der Waals surface area contributed by atoms with E-state index in [-0.39, 0.29) is 4.99 Å². The van der Waals surface area contributed by atoms with E-state index in [1.54, 1.807) is 4.31 Å². The van der Waals surface area contributed by atoms with Crippen LogP contribution in [-0.4, -0.2) is 60.6 Å². The monoisotopic (exact) mass is 333 g/mol. The van der Waals surface area contributed by atoms with Gasteiger partial charge in [-0.15, -0.1) is 0 Å². The van der Waals surface area contributed by atoms with Gasteiger partial charge >= 0.3 is 0 Å². The molecule has 2 fully saturated rings. The number of sulfonamides is 1. The Morgan fingerprint density at radius 1 is 1.24 bits per heavy atom. The quantitative estimate of drug-likeness (QED) is 0.740. The van der Waals surface area contributed by atoms with Crippen LogP contribution in [0.1, 0.15) is 39.0 Å². The summed E-state index contributed by atoms with van der Waals surface area (Å²) in [5.74, 6) is 0.624. The molecule has 7 heteroatoms. The standard InChI is InChI=1S/C14H27N3O2S2/c1-2-13(14(15)20)21(18,19)17-9-5-12(6-10-17)11-16-7-3-4-8-16/h12-13H,2-11H2,1H3,(H2,15,20). The Morgan fingerprint density at radius 3 is 2.29 bits per heavy atom. The molecule has 2 rings (SSSR count). The lowest BCUT2D eigenvalue weighted by Crippen LogP contribution is -2.48. The zero-order chi connectivity index (χ0) is 15.5. The van der Waals surface area contributed by atoms with Crippen LogP contribution in [0.15, 0.2) is 0 Å². The topological polar surface area (TPSA) is 66.6 Å². The van der Waals surface area contributed by atoms with Gasteiger partial charge in [0, 0.05) is 19.6 Å². The summed E-state index contributed by atoms with van der Waals surface area (Å²) in [5.41, 5.74) is 5.60. The largest absolute Gasteiger partial charge is 0.392 e. The average Bonchev–Trinajstić information content (AvgIpc) is 2.92. The number of hydrogen-bond donors (Lipinski definition) is 1. The number of hydrogen-bond acceptors (Lipinski definition) is 4. The summed E-state index contributed by atoms with van der Waals surface area (Å²) in [6.07, 6.45) is 4.96. The van der Waals surface area contributed by atoms with Crippen LogP contribution in [0.2, 0.25) is 0 Å². The SMILES string of the molecule is CCC(C(N)=S)S(=O)(=O)N1CCC(CN2CCCC2)CC1. The summed E-state index contributed by atoms with van der Waals surface area (Å²) >= 11 is 4.92. The molecule has 5 nitrogen and oxygen atoms in total. The second kappa shape index (κ2) is 7.35. The van der Waals surface area contributed by atoms with E-state index >= 15 is 0 Å². The second-order valence-corrected chi connectivity index (χ2v) is 8.78. The summed E-state index contributed by atoms with van der Waals surface area (Å²) in [4.78, 5) is 2.61. The molecule has 2 heterocycles. The number of thiocarbonyl (C=S) groups is 1.